The largest absolute Gasteiger partial charge is 0.489 e. The van der Waals surface area contributed by atoms with Crippen LogP contribution < -0.4 is 25.5 Å². The molecule has 0 spiro atoms. The molecule has 0 radical (unpaired) electrons. The van der Waals surface area contributed by atoms with Gasteiger partial charge in [-0.15, -0.1) is 0 Å². The van der Waals surface area contributed by atoms with Crippen LogP contribution in [0.3, 0.4) is 0 Å². The summed E-state index contributed by atoms with van der Waals surface area (Å²) in [7, 11) is 4.38. The van der Waals surface area contributed by atoms with Gasteiger partial charge in [0.2, 0.25) is 5.91 Å². The molecule has 17 heteroatoms. The van der Waals surface area contributed by atoms with Crippen LogP contribution >= 0.6 is 0 Å². The summed E-state index contributed by atoms with van der Waals surface area (Å²) in [6.45, 7) is 14.2. The second kappa shape index (κ2) is 26.1. The van der Waals surface area contributed by atoms with Gasteiger partial charge in [-0.3, -0.25) is 43.5 Å². The number of benzene rings is 5. The third-order valence-corrected chi connectivity index (χ3v) is 21.4. The lowest BCUT2D eigenvalue weighted by Crippen LogP contribution is -2.50. The maximum atomic E-state index is 13.1. The summed E-state index contributed by atoms with van der Waals surface area (Å²) in [5.74, 6) is 3.18. The van der Waals surface area contributed by atoms with Gasteiger partial charge in [0.05, 0.1) is 40.8 Å². The standard InChI is InChI=1S/C27H32N4O.C26H25N3O2.C25H25N5O2/c1-28-25-17-22(7-8-23(25)24-18-29-13-10-21(11-14-29)27(24)28)31-16-15-30(19-26(31)32)12-9-20-5-3-2-4-6-20;30-25-15-21(31-17-18-4-2-1-3-5-18)10-13-29(25)20-6-7-22-23-16-28-11-8-19(9-12-28)26(23)27-24(22)14-20;1-28-23-12-19(5-6-21(23)22-15-29-10-7-17(8-11-29)25(22)28)30-24(31)13-20(14-27-30)32-16-18-4-2-3-9-26-18/h2-8,17,21H,9-16,18-19H2,1H3;1-7,10,13-15,19,27H,8-9,11-12,16-17H2;2-6,9,12-14,17H,7-8,10-11,15-16H2,1H3. The van der Waals surface area contributed by atoms with Crippen LogP contribution in [0.4, 0.5) is 5.69 Å². The summed E-state index contributed by atoms with van der Waals surface area (Å²) in [6, 6.07) is 50.3. The third kappa shape index (κ3) is 12.2. The summed E-state index contributed by atoms with van der Waals surface area (Å²) < 4.78 is 19.4. The molecule has 21 rings (SSSR count). The van der Waals surface area contributed by atoms with Crippen LogP contribution in [0.15, 0.2) is 180 Å². The van der Waals surface area contributed by atoms with E-state index in [9.17, 15) is 14.4 Å². The molecule has 4 fully saturated rings. The molecule has 0 atom stereocenters. The molecule has 484 valence electrons. The third-order valence-electron chi connectivity index (χ3n) is 21.4. The molecule has 0 saturated carbocycles. The number of ether oxygens (including phenoxy) is 2. The Balaban J connectivity index is 0.000000112. The van der Waals surface area contributed by atoms with Gasteiger partial charge in [-0.2, -0.15) is 9.78 Å². The lowest BCUT2D eigenvalue weighted by Gasteiger charge is -2.34. The summed E-state index contributed by atoms with van der Waals surface area (Å²) >= 11 is 0. The first-order chi connectivity index (χ1) is 46.6. The minimum atomic E-state index is -0.219. The molecule has 1 N–H and O–H groups in total. The SMILES string of the molecule is Cn1c2c(c3ccc(-n4ncc(OCc5ccccn5)cc4=O)cc31)CN1CCC2CC1.Cn1c2c(c3ccc(N4CCN(CCc5ccccc5)CC4=O)cc31)CN1CCC2CC1.O=c1cc(OCc2ccccc2)ccn1-c1ccc2c3c([nH]c2c1)C1CCN(CC1)C3. The van der Waals surface area contributed by atoms with Crippen molar-refractivity contribution in [1.82, 2.24) is 53.0 Å². The number of pyridine rings is 2. The summed E-state index contributed by atoms with van der Waals surface area (Å²) in [4.78, 5) is 58.6. The molecule has 0 unspecified atom stereocenters. The van der Waals surface area contributed by atoms with Gasteiger partial charge in [-0.1, -0.05) is 84.9 Å². The minimum Gasteiger partial charge on any atom is -0.489 e. The van der Waals surface area contributed by atoms with E-state index in [0.717, 1.165) is 85.0 Å². The summed E-state index contributed by atoms with van der Waals surface area (Å²) in [5, 5.41) is 8.32. The first-order valence-corrected chi connectivity index (χ1v) is 34.2. The van der Waals surface area contributed by atoms with E-state index in [-0.39, 0.29) is 17.0 Å². The maximum Gasteiger partial charge on any atom is 0.275 e. The van der Waals surface area contributed by atoms with E-state index in [2.05, 4.69) is 131 Å². The van der Waals surface area contributed by atoms with Crippen molar-refractivity contribution in [2.24, 2.45) is 14.1 Å². The molecule has 95 heavy (non-hydrogen) atoms. The number of amides is 1. The van der Waals surface area contributed by atoms with Crippen molar-refractivity contribution in [2.45, 2.75) is 95.5 Å². The van der Waals surface area contributed by atoms with E-state index >= 15 is 0 Å². The molecule has 17 nitrogen and oxygen atoms in total. The number of aromatic amines is 1. The number of piperidine rings is 3. The van der Waals surface area contributed by atoms with E-state index in [1.165, 1.54) is 150 Å². The molecular formula is C78H82N12O5. The predicted molar refractivity (Wildman–Crippen MR) is 373 cm³/mol. The number of H-pyrrole nitrogens is 1. The van der Waals surface area contributed by atoms with E-state index in [1.807, 2.05) is 71.6 Å². The Morgan fingerprint density at radius 2 is 1.08 bits per heavy atom. The summed E-state index contributed by atoms with van der Waals surface area (Å²) in [6.07, 6.45) is 13.6. The number of anilines is 1. The molecular weight excluding hydrogens is 1180 g/mol. The molecule has 10 aliphatic heterocycles. The molecule has 16 heterocycles. The highest BCUT2D eigenvalue weighted by Gasteiger charge is 2.35. The van der Waals surface area contributed by atoms with Gasteiger partial charge in [-0.25, -0.2) is 0 Å². The Labute approximate surface area is 553 Å². The van der Waals surface area contributed by atoms with Crippen LogP contribution in [0.25, 0.3) is 44.1 Å². The van der Waals surface area contributed by atoms with Crippen LogP contribution in [0.5, 0.6) is 11.5 Å². The monoisotopic (exact) mass is 1270 g/mol. The Morgan fingerprint density at radius 1 is 0.505 bits per heavy atom. The number of aryl methyl sites for hydroxylation is 2. The van der Waals surface area contributed by atoms with Crippen molar-refractivity contribution in [3.8, 4) is 22.9 Å². The Hall–Kier alpha value is -9.39. The fourth-order valence-corrected chi connectivity index (χ4v) is 16.4. The zero-order chi connectivity index (χ0) is 64.1. The number of piperazine rings is 1. The van der Waals surface area contributed by atoms with E-state index < -0.39 is 0 Å². The molecule has 0 aliphatic carbocycles. The van der Waals surface area contributed by atoms with E-state index in [4.69, 9.17) is 9.47 Å². The zero-order valence-electron chi connectivity index (χ0n) is 54.4. The average Bonchev–Trinajstić information content (AvgIpc) is 1.61. The zero-order valence-corrected chi connectivity index (χ0v) is 54.4. The maximum absolute atomic E-state index is 13.1. The second-order valence-corrected chi connectivity index (χ2v) is 27.1. The van der Waals surface area contributed by atoms with Gasteiger partial charge in [0.1, 0.15) is 24.7 Å². The van der Waals surface area contributed by atoms with E-state index in [1.54, 1.807) is 29.2 Å². The highest BCUT2D eigenvalue weighted by atomic mass is 16.5. The van der Waals surface area contributed by atoms with Crippen LogP contribution in [-0.4, -0.2) is 124 Å². The first-order valence-electron chi connectivity index (χ1n) is 34.2. The number of carbonyl (C=O) groups excluding carboxylic acids is 1. The fraction of sp³-hybridized carbons (Fsp3) is 0.346. The highest BCUT2D eigenvalue weighted by molar-refractivity contribution is 5.98. The van der Waals surface area contributed by atoms with Gasteiger partial charge in [-0.05, 0) is 167 Å². The van der Waals surface area contributed by atoms with Gasteiger partial charge < -0.3 is 28.5 Å². The Bertz CT molecular complexity index is 4740. The molecule has 11 aromatic rings. The quantitative estimate of drug-likeness (QED) is 0.125. The van der Waals surface area contributed by atoms with Crippen LogP contribution in [0.1, 0.15) is 107 Å². The second-order valence-electron chi connectivity index (χ2n) is 27.1. The van der Waals surface area contributed by atoms with Gasteiger partial charge >= 0.3 is 0 Å². The van der Waals surface area contributed by atoms with Gasteiger partial charge in [0.15, 0.2) is 0 Å². The lowest BCUT2D eigenvalue weighted by molar-refractivity contribution is -0.121. The Kier molecular flexibility index (Phi) is 16.6. The Morgan fingerprint density at radius 3 is 1.72 bits per heavy atom. The van der Waals surface area contributed by atoms with Crippen LogP contribution in [-0.2, 0) is 58.2 Å². The first kappa shape index (κ1) is 60.5. The van der Waals surface area contributed by atoms with Gasteiger partial charge in [0.25, 0.3) is 11.1 Å². The number of nitrogens with one attached hydrogen (secondary N) is 1. The van der Waals surface area contributed by atoms with Gasteiger partial charge in [0, 0.05) is 140 Å². The normalized spacial score (nSPS) is 21.0. The highest BCUT2D eigenvalue weighted by Crippen LogP contribution is 2.44. The number of hydrogen-bond donors (Lipinski definition) is 1. The van der Waals surface area contributed by atoms with Crippen LogP contribution in [0, 0.1) is 0 Å². The smallest absolute Gasteiger partial charge is 0.275 e. The van der Waals surface area contributed by atoms with Crippen molar-refractivity contribution < 1.29 is 14.3 Å². The number of hydrogen-bond acceptors (Lipinski definition) is 11. The molecule has 4 saturated heterocycles. The fourth-order valence-electron chi connectivity index (χ4n) is 16.4. The van der Waals surface area contributed by atoms with Crippen molar-refractivity contribution >= 4 is 44.3 Å². The molecule has 6 bridgehead atoms. The number of fused-ring (bicyclic) bond motifs is 9. The number of aromatic nitrogens is 7. The number of nitrogens with zero attached hydrogens (tertiary/aromatic N) is 11. The van der Waals surface area contributed by atoms with Crippen molar-refractivity contribution in [3.63, 3.8) is 0 Å². The molecule has 1 amide bonds. The van der Waals surface area contributed by atoms with Crippen LogP contribution in [0.2, 0.25) is 0 Å². The average molecular weight is 1270 g/mol. The molecule has 5 aromatic carbocycles. The van der Waals surface area contributed by atoms with Crippen molar-refractivity contribution in [3.05, 3.63) is 242 Å². The summed E-state index contributed by atoms with van der Waals surface area (Å²) in [5.41, 5.74) is 18.0. The minimum absolute atomic E-state index is 0.0943. The number of carbonyl (C=O) groups is 1. The molecule has 6 aromatic heterocycles. The molecule has 10 aliphatic rings. The topological polar surface area (TPSA) is 147 Å². The predicted octanol–water partition coefficient (Wildman–Crippen LogP) is 11.7. The number of rotatable bonds is 12. The van der Waals surface area contributed by atoms with E-state index in [0.29, 0.717) is 49.0 Å². The lowest BCUT2D eigenvalue weighted by atomic mass is 9.94. The van der Waals surface area contributed by atoms with Crippen molar-refractivity contribution in [2.75, 3.05) is 70.3 Å². The van der Waals surface area contributed by atoms with Crippen molar-refractivity contribution in [1.29, 1.82) is 0 Å².